The van der Waals surface area contributed by atoms with Gasteiger partial charge >= 0.3 is 5.97 Å². The number of fused-ring (bicyclic) bond motifs is 2. The molecule has 0 atom stereocenters. The Kier molecular flexibility index (Phi) is 3.58. The van der Waals surface area contributed by atoms with Crippen molar-refractivity contribution in [1.82, 2.24) is 0 Å². The van der Waals surface area contributed by atoms with Crippen LogP contribution in [0.5, 0.6) is 5.75 Å². The largest absolute Gasteiger partial charge is 0.492 e. The number of carboxylic acids is 1. The predicted octanol–water partition coefficient (Wildman–Crippen LogP) is 3.27. The molecule has 0 aliphatic rings. The standard InChI is InChI=1S/C16H12O4S/c17-14(18)8-9-20-11-5-3-7-13-15(11)16(19)10-4-1-2-6-12(10)21-13/h1-7H,8-9H2,(H,17,18). The van der Waals surface area contributed by atoms with Crippen molar-refractivity contribution in [2.45, 2.75) is 6.42 Å². The molecule has 5 heteroatoms. The van der Waals surface area contributed by atoms with Crippen LogP contribution in [0.15, 0.2) is 47.3 Å². The minimum atomic E-state index is -0.925. The van der Waals surface area contributed by atoms with Gasteiger partial charge in [-0.1, -0.05) is 18.2 Å². The van der Waals surface area contributed by atoms with Crippen LogP contribution in [0.4, 0.5) is 0 Å². The monoisotopic (exact) mass is 300 g/mol. The van der Waals surface area contributed by atoms with Crippen LogP contribution in [0.1, 0.15) is 6.42 Å². The van der Waals surface area contributed by atoms with Gasteiger partial charge in [0, 0.05) is 14.8 Å². The van der Waals surface area contributed by atoms with Crippen molar-refractivity contribution in [1.29, 1.82) is 0 Å². The lowest BCUT2D eigenvalue weighted by Gasteiger charge is -2.08. The van der Waals surface area contributed by atoms with Crippen molar-refractivity contribution >= 4 is 37.5 Å². The van der Waals surface area contributed by atoms with Gasteiger partial charge in [0.15, 0.2) is 5.43 Å². The fourth-order valence-electron chi connectivity index (χ4n) is 2.18. The lowest BCUT2D eigenvalue weighted by molar-refractivity contribution is -0.137. The Bertz CT molecular complexity index is 882. The molecular formula is C16H12O4S. The maximum Gasteiger partial charge on any atom is 0.306 e. The van der Waals surface area contributed by atoms with Gasteiger partial charge in [-0.15, -0.1) is 11.3 Å². The first kappa shape index (κ1) is 13.6. The number of ether oxygens (including phenoxy) is 1. The Morgan fingerprint density at radius 2 is 1.86 bits per heavy atom. The second kappa shape index (κ2) is 5.54. The highest BCUT2D eigenvalue weighted by Gasteiger charge is 2.11. The van der Waals surface area contributed by atoms with E-state index in [2.05, 4.69) is 0 Å². The van der Waals surface area contributed by atoms with Crippen LogP contribution in [0.2, 0.25) is 0 Å². The Hall–Kier alpha value is -2.40. The number of carboxylic acid groups (broad SMARTS) is 1. The van der Waals surface area contributed by atoms with Crippen molar-refractivity contribution in [2.24, 2.45) is 0 Å². The second-order valence-electron chi connectivity index (χ2n) is 4.55. The summed E-state index contributed by atoms with van der Waals surface area (Å²) in [5.41, 5.74) is -0.0784. The zero-order chi connectivity index (χ0) is 14.8. The van der Waals surface area contributed by atoms with E-state index in [-0.39, 0.29) is 18.5 Å². The molecule has 1 heterocycles. The molecule has 0 amide bonds. The molecule has 0 fully saturated rings. The highest BCUT2D eigenvalue weighted by atomic mass is 32.1. The average molecular weight is 300 g/mol. The molecular weight excluding hydrogens is 288 g/mol. The molecule has 21 heavy (non-hydrogen) atoms. The molecule has 0 radical (unpaired) electrons. The first-order valence-electron chi connectivity index (χ1n) is 6.46. The highest BCUT2D eigenvalue weighted by Crippen LogP contribution is 2.30. The van der Waals surface area contributed by atoms with E-state index in [4.69, 9.17) is 9.84 Å². The van der Waals surface area contributed by atoms with Gasteiger partial charge < -0.3 is 9.84 Å². The minimum absolute atomic E-state index is 0.0470. The molecule has 1 aromatic heterocycles. The van der Waals surface area contributed by atoms with Crippen molar-refractivity contribution < 1.29 is 14.6 Å². The van der Waals surface area contributed by atoms with Gasteiger partial charge in [0.1, 0.15) is 5.75 Å². The van der Waals surface area contributed by atoms with Crippen molar-refractivity contribution in [3.63, 3.8) is 0 Å². The maximum absolute atomic E-state index is 12.6. The average Bonchev–Trinajstić information content (AvgIpc) is 2.47. The SMILES string of the molecule is O=C(O)CCOc1cccc2sc3ccccc3c(=O)c12. The zero-order valence-electron chi connectivity index (χ0n) is 11.0. The molecule has 4 nitrogen and oxygen atoms in total. The lowest BCUT2D eigenvalue weighted by atomic mass is 10.1. The number of aliphatic carboxylic acids is 1. The van der Waals surface area contributed by atoms with Crippen LogP contribution in [0.25, 0.3) is 20.2 Å². The van der Waals surface area contributed by atoms with Crippen molar-refractivity contribution in [3.05, 3.63) is 52.7 Å². The molecule has 1 N–H and O–H groups in total. The van der Waals surface area contributed by atoms with Crippen molar-refractivity contribution in [3.8, 4) is 5.75 Å². The maximum atomic E-state index is 12.6. The summed E-state index contributed by atoms with van der Waals surface area (Å²) in [5, 5.41) is 9.84. The summed E-state index contributed by atoms with van der Waals surface area (Å²) < 4.78 is 7.25. The third-order valence-electron chi connectivity index (χ3n) is 3.14. The summed E-state index contributed by atoms with van der Waals surface area (Å²) >= 11 is 1.52. The molecule has 0 aliphatic heterocycles. The highest BCUT2D eigenvalue weighted by molar-refractivity contribution is 7.24. The molecule has 3 aromatic rings. The van der Waals surface area contributed by atoms with E-state index in [0.717, 1.165) is 9.40 Å². The fourth-order valence-corrected chi connectivity index (χ4v) is 3.28. The van der Waals surface area contributed by atoms with E-state index in [1.807, 2.05) is 30.3 Å². The molecule has 106 valence electrons. The molecule has 0 bridgehead atoms. The molecule has 2 aromatic carbocycles. The molecule has 0 unspecified atom stereocenters. The summed E-state index contributed by atoms with van der Waals surface area (Å²) in [6.07, 6.45) is -0.0956. The number of hydrogen-bond donors (Lipinski definition) is 1. The van der Waals surface area contributed by atoms with Crippen LogP contribution < -0.4 is 10.2 Å². The predicted molar refractivity (Wildman–Crippen MR) is 83.3 cm³/mol. The first-order valence-corrected chi connectivity index (χ1v) is 7.27. The van der Waals surface area contributed by atoms with Crippen LogP contribution >= 0.6 is 11.3 Å². The van der Waals surface area contributed by atoms with E-state index in [9.17, 15) is 9.59 Å². The van der Waals surface area contributed by atoms with Crippen LogP contribution in [0, 0.1) is 0 Å². The Morgan fingerprint density at radius 3 is 2.67 bits per heavy atom. The summed E-state index contributed by atoms with van der Waals surface area (Å²) in [6, 6.07) is 12.8. The van der Waals surface area contributed by atoms with Crippen molar-refractivity contribution in [2.75, 3.05) is 6.61 Å². The van der Waals surface area contributed by atoms with E-state index < -0.39 is 5.97 Å². The summed E-state index contributed by atoms with van der Waals surface area (Å²) in [7, 11) is 0. The van der Waals surface area contributed by atoms with Crippen LogP contribution in [0.3, 0.4) is 0 Å². The zero-order valence-corrected chi connectivity index (χ0v) is 11.9. The van der Waals surface area contributed by atoms with E-state index in [0.29, 0.717) is 16.5 Å². The smallest absolute Gasteiger partial charge is 0.306 e. The molecule has 0 spiro atoms. The van der Waals surface area contributed by atoms with Gasteiger partial charge in [-0.2, -0.15) is 0 Å². The number of rotatable bonds is 4. The molecule has 0 saturated heterocycles. The van der Waals surface area contributed by atoms with E-state index in [1.165, 1.54) is 11.3 Å². The summed E-state index contributed by atoms with van der Waals surface area (Å²) in [5.74, 6) is -0.480. The molecule has 3 rings (SSSR count). The van der Waals surface area contributed by atoms with E-state index in [1.54, 1.807) is 12.1 Å². The molecule has 0 aliphatic carbocycles. The number of carbonyl (C=O) groups is 1. The Balaban J connectivity index is 2.15. The van der Waals surface area contributed by atoms with Gasteiger partial charge in [-0.05, 0) is 24.3 Å². The lowest BCUT2D eigenvalue weighted by Crippen LogP contribution is -2.08. The van der Waals surface area contributed by atoms with Crippen LogP contribution in [-0.2, 0) is 4.79 Å². The third-order valence-corrected chi connectivity index (χ3v) is 4.28. The summed E-state index contributed by atoms with van der Waals surface area (Å²) in [4.78, 5) is 23.2. The van der Waals surface area contributed by atoms with Gasteiger partial charge in [-0.25, -0.2) is 0 Å². The second-order valence-corrected chi connectivity index (χ2v) is 5.63. The topological polar surface area (TPSA) is 63.6 Å². The van der Waals surface area contributed by atoms with Gasteiger partial charge in [0.05, 0.1) is 18.4 Å². The summed E-state index contributed by atoms with van der Waals surface area (Å²) in [6.45, 7) is 0.0470. The van der Waals surface area contributed by atoms with E-state index >= 15 is 0 Å². The number of benzene rings is 2. The Morgan fingerprint density at radius 1 is 1.10 bits per heavy atom. The first-order chi connectivity index (χ1) is 10.2. The van der Waals surface area contributed by atoms with Gasteiger partial charge in [0.2, 0.25) is 0 Å². The van der Waals surface area contributed by atoms with Gasteiger partial charge in [0.25, 0.3) is 0 Å². The molecule has 0 saturated carbocycles. The number of hydrogen-bond acceptors (Lipinski definition) is 4. The normalized spacial score (nSPS) is 10.9. The fraction of sp³-hybridized carbons (Fsp3) is 0.125. The minimum Gasteiger partial charge on any atom is -0.492 e. The quantitative estimate of drug-likeness (QED) is 0.751. The Labute approximate surface area is 124 Å². The van der Waals surface area contributed by atoms with Crippen LogP contribution in [-0.4, -0.2) is 17.7 Å². The van der Waals surface area contributed by atoms with Gasteiger partial charge in [-0.3, -0.25) is 9.59 Å². The third kappa shape index (κ3) is 2.60.